The number of fused-ring (bicyclic) bond motifs is 2. The molecule has 5 aromatic heterocycles. The number of aromatic amines is 1. The Labute approximate surface area is 191 Å². The molecule has 1 N–H and O–H groups in total. The first-order valence-corrected chi connectivity index (χ1v) is 11.3. The second-order valence-electron chi connectivity index (χ2n) is 8.48. The summed E-state index contributed by atoms with van der Waals surface area (Å²) < 4.78 is 7.89. The molecule has 0 aliphatic carbocycles. The minimum atomic E-state index is 0.0335. The van der Waals surface area contributed by atoms with Gasteiger partial charge in [0.1, 0.15) is 17.1 Å². The quantitative estimate of drug-likeness (QED) is 0.452. The standard InChI is InChI=1S/C25H25N7O/c1-16-15-33-14-13-31(16)24-20-8-12-32(17(2)21-5-3-4-9-26-21)25(20)30-23(29-24)19-7-11-28-22-18(19)6-10-27-22/h3-12,16-17H,13-15H2,1-2H3,(H,27,28)/t16-,17?/m1/s1. The third-order valence-electron chi connectivity index (χ3n) is 6.43. The fourth-order valence-electron chi connectivity index (χ4n) is 4.63. The van der Waals surface area contributed by atoms with E-state index in [1.807, 2.05) is 36.7 Å². The molecule has 0 amide bonds. The number of morpholine rings is 1. The Balaban J connectivity index is 1.59. The molecule has 6 rings (SSSR count). The maximum Gasteiger partial charge on any atom is 0.164 e. The average Bonchev–Trinajstić information content (AvgIpc) is 3.51. The van der Waals surface area contributed by atoms with Crippen molar-refractivity contribution >= 4 is 27.9 Å². The summed E-state index contributed by atoms with van der Waals surface area (Å²) in [6.07, 6.45) is 7.62. The van der Waals surface area contributed by atoms with Crippen molar-refractivity contribution in [2.24, 2.45) is 0 Å². The largest absolute Gasteiger partial charge is 0.377 e. The summed E-state index contributed by atoms with van der Waals surface area (Å²) in [5, 5.41) is 2.04. The van der Waals surface area contributed by atoms with E-state index < -0.39 is 0 Å². The van der Waals surface area contributed by atoms with Gasteiger partial charge in [-0.2, -0.15) is 0 Å². The number of nitrogens with one attached hydrogen (secondary N) is 1. The zero-order valence-electron chi connectivity index (χ0n) is 18.6. The number of H-pyrrole nitrogens is 1. The van der Waals surface area contributed by atoms with Crippen LogP contribution in [0, 0.1) is 0 Å². The van der Waals surface area contributed by atoms with Crippen molar-refractivity contribution < 1.29 is 4.74 Å². The molecule has 2 atom stereocenters. The Kier molecular flexibility index (Phi) is 4.80. The summed E-state index contributed by atoms with van der Waals surface area (Å²) >= 11 is 0. The number of pyridine rings is 2. The van der Waals surface area contributed by atoms with Gasteiger partial charge >= 0.3 is 0 Å². The molecule has 6 heterocycles. The average molecular weight is 440 g/mol. The van der Waals surface area contributed by atoms with Crippen LogP contribution >= 0.6 is 0 Å². The molecule has 1 aliphatic rings. The Hall–Kier alpha value is -3.78. The number of nitrogens with zero attached hydrogens (tertiary/aromatic N) is 6. The van der Waals surface area contributed by atoms with Crippen LogP contribution in [-0.4, -0.2) is 55.3 Å². The number of hydrogen-bond donors (Lipinski definition) is 1. The lowest BCUT2D eigenvalue weighted by Crippen LogP contribution is -2.44. The van der Waals surface area contributed by atoms with Gasteiger partial charge in [-0.05, 0) is 44.2 Å². The number of rotatable bonds is 4. The SMILES string of the molecule is CC(c1ccccn1)n1ccc2c(N3CCOC[C@H]3C)nc(-c3ccnc4[nH]ccc34)nc21. The van der Waals surface area contributed by atoms with Gasteiger partial charge in [0.2, 0.25) is 0 Å². The van der Waals surface area contributed by atoms with Crippen molar-refractivity contribution in [1.29, 1.82) is 0 Å². The number of hydrogen-bond acceptors (Lipinski definition) is 6. The van der Waals surface area contributed by atoms with Crippen LogP contribution < -0.4 is 4.90 Å². The molecule has 33 heavy (non-hydrogen) atoms. The van der Waals surface area contributed by atoms with Crippen LogP contribution in [0.3, 0.4) is 0 Å². The van der Waals surface area contributed by atoms with Crippen molar-refractivity contribution in [2.75, 3.05) is 24.7 Å². The second kappa shape index (κ2) is 7.97. The Morgan fingerprint density at radius 3 is 2.85 bits per heavy atom. The van der Waals surface area contributed by atoms with Gasteiger partial charge in [-0.1, -0.05) is 6.07 Å². The van der Waals surface area contributed by atoms with E-state index in [2.05, 4.69) is 56.6 Å². The highest BCUT2D eigenvalue weighted by molar-refractivity contribution is 5.95. The fourth-order valence-corrected chi connectivity index (χ4v) is 4.63. The summed E-state index contributed by atoms with van der Waals surface area (Å²) in [4.78, 5) is 24.7. The van der Waals surface area contributed by atoms with E-state index in [1.54, 1.807) is 6.20 Å². The highest BCUT2D eigenvalue weighted by Gasteiger charge is 2.26. The van der Waals surface area contributed by atoms with E-state index in [0.717, 1.165) is 45.7 Å². The molecule has 0 bridgehead atoms. The molecule has 0 radical (unpaired) electrons. The summed E-state index contributed by atoms with van der Waals surface area (Å²) in [6, 6.07) is 12.4. The van der Waals surface area contributed by atoms with Crippen LogP contribution in [0.5, 0.6) is 0 Å². The lowest BCUT2D eigenvalue weighted by atomic mass is 10.1. The molecule has 0 aromatic carbocycles. The molecule has 8 nitrogen and oxygen atoms in total. The molecular formula is C25H25N7O. The van der Waals surface area contributed by atoms with E-state index in [9.17, 15) is 0 Å². The first-order chi connectivity index (χ1) is 16.2. The molecule has 8 heteroatoms. The molecule has 0 spiro atoms. The van der Waals surface area contributed by atoms with Crippen LogP contribution in [-0.2, 0) is 4.74 Å². The highest BCUT2D eigenvalue weighted by Crippen LogP contribution is 2.34. The molecule has 1 aliphatic heterocycles. The van der Waals surface area contributed by atoms with Crippen LogP contribution in [0.2, 0.25) is 0 Å². The summed E-state index contributed by atoms with van der Waals surface area (Å²) in [5.74, 6) is 1.63. The van der Waals surface area contributed by atoms with E-state index in [0.29, 0.717) is 19.0 Å². The van der Waals surface area contributed by atoms with Crippen LogP contribution in [0.4, 0.5) is 5.82 Å². The highest BCUT2D eigenvalue weighted by atomic mass is 16.5. The van der Waals surface area contributed by atoms with Gasteiger partial charge in [-0.3, -0.25) is 4.98 Å². The monoisotopic (exact) mass is 439 g/mol. The minimum Gasteiger partial charge on any atom is -0.377 e. The molecule has 1 saturated heterocycles. The van der Waals surface area contributed by atoms with E-state index in [-0.39, 0.29) is 12.1 Å². The molecule has 5 aromatic rings. The molecular weight excluding hydrogens is 414 g/mol. The minimum absolute atomic E-state index is 0.0335. The third kappa shape index (κ3) is 3.34. The van der Waals surface area contributed by atoms with Crippen molar-refractivity contribution in [1.82, 2.24) is 29.5 Å². The maximum absolute atomic E-state index is 5.70. The van der Waals surface area contributed by atoms with Gasteiger partial charge in [0, 0.05) is 42.3 Å². The smallest absolute Gasteiger partial charge is 0.164 e. The molecule has 1 fully saturated rings. The fraction of sp³-hybridized carbons (Fsp3) is 0.280. The summed E-state index contributed by atoms with van der Waals surface area (Å²) in [7, 11) is 0. The Bertz CT molecular complexity index is 1430. The summed E-state index contributed by atoms with van der Waals surface area (Å²) in [5.41, 5.74) is 3.68. The van der Waals surface area contributed by atoms with E-state index in [1.165, 1.54) is 0 Å². The number of aromatic nitrogens is 6. The second-order valence-corrected chi connectivity index (χ2v) is 8.48. The zero-order chi connectivity index (χ0) is 22.4. The van der Waals surface area contributed by atoms with Gasteiger partial charge in [-0.15, -0.1) is 0 Å². The summed E-state index contributed by atoms with van der Waals surface area (Å²) in [6.45, 7) is 6.49. The third-order valence-corrected chi connectivity index (χ3v) is 6.43. The predicted molar refractivity (Wildman–Crippen MR) is 128 cm³/mol. The maximum atomic E-state index is 5.70. The van der Waals surface area contributed by atoms with Crippen molar-refractivity contribution in [3.8, 4) is 11.4 Å². The van der Waals surface area contributed by atoms with Gasteiger partial charge in [0.05, 0.1) is 36.4 Å². The van der Waals surface area contributed by atoms with Gasteiger partial charge < -0.3 is 19.2 Å². The van der Waals surface area contributed by atoms with Crippen molar-refractivity contribution in [2.45, 2.75) is 25.9 Å². The topological polar surface area (TPSA) is 84.8 Å². The van der Waals surface area contributed by atoms with Crippen LogP contribution in [0.25, 0.3) is 33.5 Å². The van der Waals surface area contributed by atoms with Crippen LogP contribution in [0.15, 0.2) is 61.2 Å². The van der Waals surface area contributed by atoms with Gasteiger partial charge in [0.25, 0.3) is 0 Å². The first-order valence-electron chi connectivity index (χ1n) is 11.3. The molecule has 166 valence electrons. The zero-order valence-corrected chi connectivity index (χ0v) is 18.6. The van der Waals surface area contributed by atoms with E-state index >= 15 is 0 Å². The van der Waals surface area contributed by atoms with Crippen LogP contribution in [0.1, 0.15) is 25.6 Å². The van der Waals surface area contributed by atoms with E-state index in [4.69, 9.17) is 14.7 Å². The first kappa shape index (κ1) is 19.9. The molecule has 0 saturated carbocycles. The van der Waals surface area contributed by atoms with Crippen molar-refractivity contribution in [3.05, 3.63) is 66.9 Å². The Morgan fingerprint density at radius 1 is 1.06 bits per heavy atom. The predicted octanol–water partition coefficient (Wildman–Crippen LogP) is 4.20. The van der Waals surface area contributed by atoms with Gasteiger partial charge in [-0.25, -0.2) is 15.0 Å². The lowest BCUT2D eigenvalue weighted by Gasteiger charge is -2.34. The molecule has 1 unspecified atom stereocenters. The van der Waals surface area contributed by atoms with Crippen molar-refractivity contribution in [3.63, 3.8) is 0 Å². The normalized spacial score (nSPS) is 17.6. The number of ether oxygens (including phenoxy) is 1. The Morgan fingerprint density at radius 2 is 2.00 bits per heavy atom. The number of anilines is 1. The lowest BCUT2D eigenvalue weighted by molar-refractivity contribution is 0.0987. The van der Waals surface area contributed by atoms with Gasteiger partial charge in [0.15, 0.2) is 5.82 Å².